The number of nitrogens with zero attached hydrogens (tertiary/aromatic N) is 3. The van der Waals surface area contributed by atoms with Crippen molar-refractivity contribution < 1.29 is 62.6 Å². The van der Waals surface area contributed by atoms with Crippen molar-refractivity contribution in [1.29, 1.82) is 0 Å². The third-order valence-electron chi connectivity index (χ3n) is 16.7. The number of nitrogens with two attached hydrogens (primary N) is 4. The summed E-state index contributed by atoms with van der Waals surface area (Å²) in [4.78, 5) is 179. The number of aliphatic hydroxyl groups is 1. The molecule has 4 heterocycles. The van der Waals surface area contributed by atoms with Gasteiger partial charge in [0.15, 0.2) is 5.96 Å². The maximum absolute atomic E-state index is 14.8. The Labute approximate surface area is 558 Å². The number of H-pyrrole nitrogens is 1. The molecule has 95 heavy (non-hydrogen) atoms. The maximum atomic E-state index is 14.8. The Bertz CT molecular complexity index is 3500. The van der Waals surface area contributed by atoms with Gasteiger partial charge in [0, 0.05) is 79.5 Å². The first-order chi connectivity index (χ1) is 45.2. The maximum Gasteiger partial charge on any atom is 0.246 e. The molecule has 0 radical (unpaired) electrons. The third-order valence-corrected chi connectivity index (χ3v) is 19.0. The highest BCUT2D eigenvalue weighted by Crippen LogP contribution is 2.27. The van der Waals surface area contributed by atoms with Crippen LogP contribution in [-0.2, 0) is 81.9 Å². The molecule has 4 aromatic rings. The number of benzene rings is 3. The standard InChI is InChI=1S/C64H86N16O13S2/c1-35-53(84)77-52(36(2)81)59(90)76-47(29-51(65)83)60(91)79-25-13-22-49(79)57(88)74-45(27-38-15-6-5-7-16-38)56(87)78-64(4,62(66)93)34-95-32-40-18-9-8-17-39(40)31-94-33-48(72-37(3)82)61(92)80-26-14-23-50(80)58(89)75-46(28-41-30-70-43-20-11-10-19-42(41)43)55(86)73-44(54(85)71-35)21-12-24-69-63(67)68/h5-11,15-20,30,35-36,44-50,52,70,81H,12-14,21-29,31-34H2,1-4H3,(H2,65,83)(H2,66,93)(H,71,85)(H,72,82)(H,73,86)(H,74,88)(H,75,89)(H,76,90)(H,77,84)(H,78,87)(H4,67,68,69)/t35-,36+,44-,45+,46+,47-,48+,49-,50-,52-,64-/m0/s1. The van der Waals surface area contributed by atoms with E-state index < -0.39 is 143 Å². The van der Waals surface area contributed by atoms with Crippen LogP contribution in [0.4, 0.5) is 0 Å². The number of aliphatic imine (C=N–C) groups is 1. The summed E-state index contributed by atoms with van der Waals surface area (Å²) in [6.07, 6.45) is -0.0521. The van der Waals surface area contributed by atoms with Crippen LogP contribution in [0.1, 0.15) is 94.9 Å². The Balaban J connectivity index is 1.22. The van der Waals surface area contributed by atoms with Crippen molar-refractivity contribution in [2.45, 2.75) is 163 Å². The van der Waals surface area contributed by atoms with E-state index in [1.54, 1.807) is 42.6 Å². The number of hydrogen-bond acceptors (Lipinski definition) is 16. The smallest absolute Gasteiger partial charge is 0.246 e. The minimum Gasteiger partial charge on any atom is -0.391 e. The number of hydrogen-bond donors (Lipinski definition) is 14. The van der Waals surface area contributed by atoms with E-state index in [0.29, 0.717) is 29.1 Å². The fourth-order valence-corrected chi connectivity index (χ4v) is 13.8. The van der Waals surface area contributed by atoms with Crippen LogP contribution in [0.15, 0.2) is 90.1 Å². The monoisotopic (exact) mass is 1350 g/mol. The number of carbonyl (C=O) groups excluding carboxylic acids is 12. The fourth-order valence-electron chi connectivity index (χ4n) is 11.5. The Morgan fingerprint density at radius 2 is 1.24 bits per heavy atom. The largest absolute Gasteiger partial charge is 0.391 e. The van der Waals surface area contributed by atoms with Gasteiger partial charge < -0.3 is 85.4 Å². The van der Waals surface area contributed by atoms with Gasteiger partial charge in [0.05, 0.1) is 12.5 Å². The van der Waals surface area contributed by atoms with Crippen LogP contribution in [-0.4, -0.2) is 194 Å². The number of rotatable bonds is 13. The van der Waals surface area contributed by atoms with Crippen molar-refractivity contribution in [2.24, 2.45) is 27.9 Å². The molecule has 7 rings (SSSR count). The number of nitrogens with one attached hydrogen (secondary N) is 9. The summed E-state index contributed by atoms with van der Waals surface area (Å²) in [7, 11) is 0. The van der Waals surface area contributed by atoms with Gasteiger partial charge in [0.25, 0.3) is 0 Å². The predicted octanol–water partition coefficient (Wildman–Crippen LogP) is -1.78. The van der Waals surface area contributed by atoms with Gasteiger partial charge in [0.2, 0.25) is 70.9 Å². The zero-order chi connectivity index (χ0) is 69.1. The molecule has 3 aliphatic heterocycles. The van der Waals surface area contributed by atoms with Gasteiger partial charge in [-0.25, -0.2) is 0 Å². The summed E-state index contributed by atoms with van der Waals surface area (Å²) in [5.74, 6) is -9.59. The summed E-state index contributed by atoms with van der Waals surface area (Å²) in [6, 6.07) is 10.7. The number of amides is 12. The molecule has 18 N–H and O–H groups in total. The van der Waals surface area contributed by atoms with Crippen LogP contribution < -0.4 is 65.5 Å². The lowest BCUT2D eigenvalue weighted by Crippen LogP contribution is -2.63. The molecule has 2 fully saturated rings. The molecule has 29 nitrogen and oxygen atoms in total. The molecule has 0 saturated carbocycles. The average molecular weight is 1350 g/mol. The van der Waals surface area contributed by atoms with Crippen molar-refractivity contribution in [3.63, 3.8) is 0 Å². The third kappa shape index (κ3) is 20.4. The van der Waals surface area contributed by atoms with Crippen molar-refractivity contribution in [2.75, 3.05) is 31.1 Å². The van der Waals surface area contributed by atoms with Gasteiger partial charge in [0.1, 0.15) is 59.9 Å². The number of aromatic amines is 1. The lowest BCUT2D eigenvalue weighted by molar-refractivity contribution is -0.144. The molecular formula is C64H86N16O13S2. The zero-order valence-electron chi connectivity index (χ0n) is 53.5. The van der Waals surface area contributed by atoms with E-state index in [9.17, 15) is 62.6 Å². The molecule has 0 spiro atoms. The van der Waals surface area contributed by atoms with Crippen LogP contribution in [0.25, 0.3) is 10.9 Å². The van der Waals surface area contributed by atoms with Crippen LogP contribution >= 0.6 is 23.5 Å². The van der Waals surface area contributed by atoms with Gasteiger partial charge in [-0.15, -0.1) is 0 Å². The van der Waals surface area contributed by atoms with Crippen LogP contribution in [0.5, 0.6) is 0 Å². The molecule has 3 aromatic carbocycles. The van der Waals surface area contributed by atoms with Gasteiger partial charge in [-0.2, -0.15) is 23.5 Å². The lowest BCUT2D eigenvalue weighted by Gasteiger charge is -2.32. The molecular weight excluding hydrogens is 1260 g/mol. The minimum atomic E-state index is -1.85. The van der Waals surface area contributed by atoms with Crippen molar-refractivity contribution >= 4 is 111 Å². The van der Waals surface area contributed by atoms with Crippen molar-refractivity contribution in [3.05, 3.63) is 107 Å². The normalized spacial score (nSPS) is 25.8. The average Bonchev–Trinajstić information content (AvgIpc) is 1.86. The molecule has 0 unspecified atom stereocenters. The second-order valence-electron chi connectivity index (χ2n) is 24.2. The topological polar surface area (TPSA) is 460 Å². The summed E-state index contributed by atoms with van der Waals surface area (Å²) in [5, 5.41) is 32.9. The second kappa shape index (κ2) is 34.3. The minimum absolute atomic E-state index is 0.00669. The zero-order valence-corrected chi connectivity index (χ0v) is 55.1. The quantitative estimate of drug-likeness (QED) is 0.0400. The summed E-state index contributed by atoms with van der Waals surface area (Å²) in [6.45, 7) is 5.25. The summed E-state index contributed by atoms with van der Waals surface area (Å²) >= 11 is 2.65. The Kier molecular flexibility index (Phi) is 26.4. The van der Waals surface area contributed by atoms with Gasteiger partial charge in [-0.05, 0) is 87.6 Å². The SMILES string of the molecule is CC(=O)N[C@@H]1CSCc2ccccc2CSC[C@@](C)(C(N)=O)NC(=O)[C@@H](Cc2ccccc2)NC(=O)[C@@H]2CCCN2C(=O)[C@H](CC(N)=O)NC(=O)[C@H]([C@@H](C)O)NC(=O)[C@H](C)NC(=O)[C@H](CCCN=C(N)N)NC(=O)[C@@H](Cc2c[nH]c3ccccc23)NC(=O)[C@@H]2CCCN2C1=O. The van der Waals surface area contributed by atoms with E-state index in [1.807, 2.05) is 42.5 Å². The van der Waals surface area contributed by atoms with Crippen LogP contribution in [0.3, 0.4) is 0 Å². The highest BCUT2D eigenvalue weighted by atomic mass is 32.2. The molecule has 0 aliphatic carbocycles. The number of guanidine groups is 1. The molecule has 12 amide bonds. The van der Waals surface area contributed by atoms with Gasteiger partial charge >= 0.3 is 0 Å². The molecule has 0 bridgehead atoms. The number of aromatic nitrogens is 1. The summed E-state index contributed by atoms with van der Waals surface area (Å²) in [5.41, 5.74) is 24.8. The predicted molar refractivity (Wildman–Crippen MR) is 356 cm³/mol. The van der Waals surface area contributed by atoms with E-state index in [1.165, 1.54) is 49.2 Å². The Morgan fingerprint density at radius 1 is 0.674 bits per heavy atom. The first kappa shape index (κ1) is 73.2. The van der Waals surface area contributed by atoms with E-state index in [2.05, 4.69) is 52.5 Å². The van der Waals surface area contributed by atoms with Gasteiger partial charge in [-0.1, -0.05) is 72.8 Å². The first-order valence-electron chi connectivity index (χ1n) is 31.4. The second-order valence-corrected chi connectivity index (χ2v) is 26.2. The number of aliphatic hydroxyl groups excluding tert-OH is 1. The van der Waals surface area contributed by atoms with Crippen molar-refractivity contribution in [3.8, 4) is 0 Å². The van der Waals surface area contributed by atoms with Gasteiger partial charge in [-0.3, -0.25) is 62.5 Å². The highest BCUT2D eigenvalue weighted by molar-refractivity contribution is 7.99. The fraction of sp³-hybridized carbons (Fsp3) is 0.484. The number of para-hydroxylation sites is 1. The number of carbonyl (C=O) groups is 12. The first-order valence-corrected chi connectivity index (χ1v) is 33.7. The Morgan fingerprint density at radius 3 is 1.85 bits per heavy atom. The van der Waals surface area contributed by atoms with E-state index in [4.69, 9.17) is 22.9 Å². The number of thioether (sulfide) groups is 2. The van der Waals surface area contributed by atoms with E-state index in [-0.39, 0.29) is 82.0 Å². The number of primary amides is 2. The molecule has 2 saturated heterocycles. The molecule has 512 valence electrons. The molecule has 3 aliphatic rings. The number of fused-ring (bicyclic) bond motifs is 4. The van der Waals surface area contributed by atoms with E-state index >= 15 is 0 Å². The Hall–Kier alpha value is -9.23. The highest BCUT2D eigenvalue weighted by Gasteiger charge is 2.44. The molecule has 31 heteroatoms. The molecule has 1 aromatic heterocycles. The summed E-state index contributed by atoms with van der Waals surface area (Å²) < 4.78 is 0. The van der Waals surface area contributed by atoms with Crippen LogP contribution in [0.2, 0.25) is 0 Å². The molecule has 11 atom stereocenters. The van der Waals surface area contributed by atoms with E-state index in [0.717, 1.165) is 33.9 Å². The van der Waals surface area contributed by atoms with Crippen LogP contribution in [0, 0.1) is 0 Å². The van der Waals surface area contributed by atoms with Crippen molar-refractivity contribution in [1.82, 2.24) is 57.3 Å². The lowest BCUT2D eigenvalue weighted by atomic mass is 10.0.